The molecule has 0 bridgehead atoms. The van der Waals surface area contributed by atoms with Crippen LogP contribution in [0.5, 0.6) is 0 Å². The highest BCUT2D eigenvalue weighted by molar-refractivity contribution is 4.93. The van der Waals surface area contributed by atoms with Crippen LogP contribution in [0, 0.1) is 12.8 Å². The number of aromatic nitrogens is 2. The summed E-state index contributed by atoms with van der Waals surface area (Å²) in [6.07, 6.45) is 9.53. The first kappa shape index (κ1) is 13.1. The summed E-state index contributed by atoms with van der Waals surface area (Å²) in [5.41, 5.74) is 0. The molecule has 4 nitrogen and oxygen atoms in total. The fourth-order valence-corrected chi connectivity index (χ4v) is 3.40. The molecule has 106 valence electrons. The lowest BCUT2D eigenvalue weighted by molar-refractivity contribution is 0.109. The summed E-state index contributed by atoms with van der Waals surface area (Å²) in [5.74, 6) is 2.44. The molecular weight excluding hydrogens is 238 g/mol. The first-order chi connectivity index (χ1) is 9.26. The molecule has 0 amide bonds. The Balaban J connectivity index is 1.61. The first-order valence-corrected chi connectivity index (χ1v) is 7.81. The number of hydrogen-bond acceptors (Lipinski definition) is 4. The van der Waals surface area contributed by atoms with Crippen molar-refractivity contribution in [2.45, 2.75) is 77.4 Å². The van der Waals surface area contributed by atoms with E-state index < -0.39 is 0 Å². The summed E-state index contributed by atoms with van der Waals surface area (Å²) in [7, 11) is 0. The van der Waals surface area contributed by atoms with Crippen LogP contribution < -0.4 is 0 Å². The topological polar surface area (TPSA) is 42.2 Å². The van der Waals surface area contributed by atoms with E-state index in [0.29, 0.717) is 5.89 Å². The second-order valence-corrected chi connectivity index (χ2v) is 6.20. The maximum Gasteiger partial charge on any atom is 0.230 e. The lowest BCUT2D eigenvalue weighted by atomic mass is 9.84. The third-order valence-electron chi connectivity index (χ3n) is 4.76. The molecule has 1 aromatic heterocycles. The number of hydrogen-bond donors (Lipinski definition) is 0. The van der Waals surface area contributed by atoms with E-state index >= 15 is 0 Å². The predicted molar refractivity (Wildman–Crippen MR) is 73.6 cm³/mol. The van der Waals surface area contributed by atoms with Gasteiger partial charge in [-0.05, 0) is 44.4 Å². The molecule has 0 atom stereocenters. The van der Waals surface area contributed by atoms with Crippen molar-refractivity contribution in [3.63, 3.8) is 0 Å². The van der Waals surface area contributed by atoms with Crippen LogP contribution in [-0.4, -0.2) is 27.2 Å². The summed E-state index contributed by atoms with van der Waals surface area (Å²) in [5, 5.41) is 8.11. The van der Waals surface area contributed by atoms with Crippen molar-refractivity contribution >= 4 is 0 Å². The van der Waals surface area contributed by atoms with Gasteiger partial charge in [-0.3, -0.25) is 4.90 Å². The van der Waals surface area contributed by atoms with Crippen LogP contribution in [0.25, 0.3) is 0 Å². The largest absolute Gasteiger partial charge is 0.424 e. The van der Waals surface area contributed by atoms with E-state index in [2.05, 4.69) is 22.0 Å². The monoisotopic (exact) mass is 263 g/mol. The zero-order chi connectivity index (χ0) is 13.2. The van der Waals surface area contributed by atoms with Gasteiger partial charge in [-0.2, -0.15) is 0 Å². The van der Waals surface area contributed by atoms with Crippen LogP contribution in [0.4, 0.5) is 0 Å². The maximum atomic E-state index is 5.56. The summed E-state index contributed by atoms with van der Waals surface area (Å²) in [6, 6.07) is 1.51. The third-order valence-corrected chi connectivity index (χ3v) is 4.76. The smallest absolute Gasteiger partial charge is 0.230 e. The second-order valence-electron chi connectivity index (χ2n) is 6.20. The van der Waals surface area contributed by atoms with Crippen LogP contribution >= 0.6 is 0 Å². The number of nitrogens with zero attached hydrogens (tertiary/aromatic N) is 3. The Morgan fingerprint density at radius 2 is 1.68 bits per heavy atom. The molecule has 4 heteroatoms. The summed E-state index contributed by atoms with van der Waals surface area (Å²) < 4.78 is 5.56. The van der Waals surface area contributed by atoms with Crippen LogP contribution in [0.3, 0.4) is 0 Å². The zero-order valence-electron chi connectivity index (χ0n) is 12.1. The van der Waals surface area contributed by atoms with E-state index in [1.807, 2.05) is 6.92 Å². The van der Waals surface area contributed by atoms with Gasteiger partial charge in [0.25, 0.3) is 0 Å². The van der Waals surface area contributed by atoms with E-state index in [4.69, 9.17) is 4.42 Å². The van der Waals surface area contributed by atoms with E-state index in [9.17, 15) is 0 Å². The van der Waals surface area contributed by atoms with Gasteiger partial charge in [0.15, 0.2) is 0 Å². The molecule has 2 fully saturated rings. The molecule has 0 N–H and O–H groups in total. The molecule has 1 aromatic rings. The fourth-order valence-electron chi connectivity index (χ4n) is 3.40. The van der Waals surface area contributed by atoms with Crippen molar-refractivity contribution in [2.75, 3.05) is 0 Å². The maximum absolute atomic E-state index is 5.56. The van der Waals surface area contributed by atoms with Crippen molar-refractivity contribution in [1.82, 2.24) is 15.1 Å². The summed E-state index contributed by atoms with van der Waals surface area (Å²) in [6.45, 7) is 5.04. The highest BCUT2D eigenvalue weighted by Gasteiger charge is 2.36. The lowest BCUT2D eigenvalue weighted by Crippen LogP contribution is -2.39. The molecule has 2 aliphatic carbocycles. The zero-order valence-corrected chi connectivity index (χ0v) is 12.1. The molecule has 0 saturated heterocycles. The minimum absolute atomic E-state index is 0.681. The summed E-state index contributed by atoms with van der Waals surface area (Å²) >= 11 is 0. The highest BCUT2D eigenvalue weighted by Crippen LogP contribution is 2.36. The quantitative estimate of drug-likeness (QED) is 0.817. The highest BCUT2D eigenvalue weighted by atomic mass is 16.4. The fraction of sp³-hybridized carbons (Fsp3) is 0.867. The molecular formula is C15H25N3O. The van der Waals surface area contributed by atoms with Crippen molar-refractivity contribution in [3.8, 4) is 0 Å². The van der Waals surface area contributed by atoms with Gasteiger partial charge >= 0.3 is 0 Å². The minimum atomic E-state index is 0.681. The van der Waals surface area contributed by atoms with Gasteiger partial charge in [0, 0.05) is 19.0 Å². The molecule has 0 aromatic carbocycles. The van der Waals surface area contributed by atoms with Crippen molar-refractivity contribution in [2.24, 2.45) is 5.92 Å². The van der Waals surface area contributed by atoms with E-state index in [1.165, 1.54) is 44.9 Å². The van der Waals surface area contributed by atoms with Crippen LogP contribution in [0.15, 0.2) is 4.42 Å². The SMILES string of the molecule is CCC1CCC(N(Cc2nnc(C)o2)C2CC2)CC1. The average Bonchev–Trinajstić information content (AvgIpc) is 3.20. The molecule has 19 heavy (non-hydrogen) atoms. The predicted octanol–water partition coefficient (Wildman–Crippen LogP) is 3.31. The Morgan fingerprint density at radius 1 is 1.05 bits per heavy atom. The Bertz CT molecular complexity index is 405. The van der Waals surface area contributed by atoms with Crippen LogP contribution in [-0.2, 0) is 6.54 Å². The molecule has 3 rings (SSSR count). The van der Waals surface area contributed by atoms with Gasteiger partial charge in [0.2, 0.25) is 11.8 Å². The molecule has 0 spiro atoms. The van der Waals surface area contributed by atoms with Crippen molar-refractivity contribution in [1.29, 1.82) is 0 Å². The van der Waals surface area contributed by atoms with Gasteiger partial charge in [-0.15, -0.1) is 10.2 Å². The van der Waals surface area contributed by atoms with Gasteiger partial charge in [-0.1, -0.05) is 13.3 Å². The normalized spacial score (nSPS) is 27.9. The van der Waals surface area contributed by atoms with Gasteiger partial charge in [0.05, 0.1) is 6.54 Å². The Morgan fingerprint density at radius 3 is 2.16 bits per heavy atom. The van der Waals surface area contributed by atoms with Crippen LogP contribution in [0.1, 0.15) is 63.7 Å². The van der Waals surface area contributed by atoms with E-state index in [1.54, 1.807) is 0 Å². The minimum Gasteiger partial charge on any atom is -0.424 e. The average molecular weight is 263 g/mol. The van der Waals surface area contributed by atoms with Crippen LogP contribution in [0.2, 0.25) is 0 Å². The third kappa shape index (κ3) is 3.16. The lowest BCUT2D eigenvalue weighted by Gasteiger charge is -2.36. The van der Waals surface area contributed by atoms with Gasteiger partial charge < -0.3 is 4.42 Å². The molecule has 0 aliphatic heterocycles. The molecule has 2 saturated carbocycles. The molecule has 1 heterocycles. The standard InChI is InChI=1S/C15H25N3O/c1-3-12-4-6-13(7-5-12)18(14-8-9-14)10-15-17-16-11(2)19-15/h12-14H,3-10H2,1-2H3. The second kappa shape index (κ2) is 5.61. The van der Waals surface area contributed by atoms with Gasteiger partial charge in [0.1, 0.15) is 0 Å². The van der Waals surface area contributed by atoms with E-state index in [0.717, 1.165) is 30.4 Å². The Kier molecular flexibility index (Phi) is 3.87. The first-order valence-electron chi connectivity index (χ1n) is 7.81. The van der Waals surface area contributed by atoms with Gasteiger partial charge in [-0.25, -0.2) is 0 Å². The molecule has 0 radical (unpaired) electrons. The van der Waals surface area contributed by atoms with Crippen molar-refractivity contribution < 1.29 is 4.42 Å². The number of aryl methyl sites for hydroxylation is 1. The Labute approximate surface area is 115 Å². The molecule has 2 aliphatic rings. The Hall–Kier alpha value is -0.900. The van der Waals surface area contributed by atoms with Crippen molar-refractivity contribution in [3.05, 3.63) is 11.8 Å². The molecule has 0 unspecified atom stereocenters. The summed E-state index contributed by atoms with van der Waals surface area (Å²) in [4.78, 5) is 2.64. The number of rotatable bonds is 5. The van der Waals surface area contributed by atoms with E-state index in [-0.39, 0.29) is 0 Å².